The lowest BCUT2D eigenvalue weighted by Gasteiger charge is -2.49. The van der Waals surface area contributed by atoms with Crippen LogP contribution in [0.4, 0.5) is 0 Å². The first-order valence-electron chi connectivity index (χ1n) is 10.8. The second-order valence-electron chi connectivity index (χ2n) is 8.40. The van der Waals surface area contributed by atoms with Gasteiger partial charge in [-0.3, -0.25) is 9.69 Å². The third kappa shape index (κ3) is 3.99. The van der Waals surface area contributed by atoms with E-state index in [2.05, 4.69) is 40.6 Å². The second-order valence-corrected chi connectivity index (χ2v) is 9.40. The van der Waals surface area contributed by atoms with E-state index in [-0.39, 0.29) is 18.1 Å². The van der Waals surface area contributed by atoms with Gasteiger partial charge in [0.2, 0.25) is 0 Å². The Morgan fingerprint density at radius 2 is 1.87 bits per heavy atom. The highest BCUT2D eigenvalue weighted by atomic mass is 32.1. The van der Waals surface area contributed by atoms with Crippen molar-refractivity contribution in [3.63, 3.8) is 0 Å². The molecular weight excluding hydrogens is 406 g/mol. The predicted octanol–water partition coefficient (Wildman–Crippen LogP) is 5.04. The smallest absolute Gasteiger partial charge is 0.180 e. The largest absolute Gasteiger partial charge is 0.355 e. The Kier molecular flexibility index (Phi) is 5.76. The summed E-state index contributed by atoms with van der Waals surface area (Å²) in [5.74, 6) is 0.163. The third-order valence-corrected chi connectivity index (χ3v) is 7.51. The van der Waals surface area contributed by atoms with Crippen LogP contribution in [0.15, 0.2) is 72.1 Å². The van der Waals surface area contributed by atoms with E-state index in [1.165, 1.54) is 16.0 Å². The summed E-state index contributed by atoms with van der Waals surface area (Å²) in [6.45, 7) is 1.55. The number of hydrogen-bond acceptors (Lipinski definition) is 5. The Morgan fingerprint density at radius 1 is 1.13 bits per heavy atom. The molecule has 4 nitrogen and oxygen atoms in total. The monoisotopic (exact) mass is 433 g/mol. The minimum Gasteiger partial charge on any atom is -0.355 e. The van der Waals surface area contributed by atoms with Crippen molar-refractivity contribution in [1.82, 2.24) is 4.90 Å². The molecule has 1 spiro atoms. The number of nitrogens with zero attached hydrogens (tertiary/aromatic N) is 1. The quantitative estimate of drug-likeness (QED) is 0.529. The Balaban J connectivity index is 1.50. The number of rotatable bonds is 5. The standard InChI is InChI=1S/C26H27NO3S/c1-29-24-16-23-21(12-15-31-23)26(30-24)13-14-27(18-19-8-4-2-5-9-19)22(17-26)25(28)20-10-6-3-7-11-20/h2-12,15,22,24H,13-14,16-18H2,1H3. The highest BCUT2D eigenvalue weighted by Gasteiger charge is 2.49. The van der Waals surface area contributed by atoms with Gasteiger partial charge in [-0.05, 0) is 29.0 Å². The van der Waals surface area contributed by atoms with Crippen LogP contribution >= 0.6 is 11.3 Å². The van der Waals surface area contributed by atoms with E-state index in [9.17, 15) is 4.79 Å². The fraction of sp³-hybridized carbons (Fsp3) is 0.346. The molecule has 3 aromatic rings. The number of fused-ring (bicyclic) bond motifs is 2. The van der Waals surface area contributed by atoms with Gasteiger partial charge in [-0.25, -0.2) is 0 Å². The van der Waals surface area contributed by atoms with Gasteiger partial charge in [-0.1, -0.05) is 60.7 Å². The highest BCUT2D eigenvalue weighted by Crippen LogP contribution is 2.47. The van der Waals surface area contributed by atoms with Gasteiger partial charge in [-0.2, -0.15) is 0 Å². The molecule has 160 valence electrons. The average molecular weight is 434 g/mol. The molecule has 31 heavy (non-hydrogen) atoms. The first kappa shape index (κ1) is 20.6. The van der Waals surface area contributed by atoms with Crippen LogP contribution in [0.25, 0.3) is 0 Å². The molecule has 3 heterocycles. The Morgan fingerprint density at radius 3 is 2.61 bits per heavy atom. The number of ether oxygens (including phenoxy) is 2. The molecule has 1 fully saturated rings. The van der Waals surface area contributed by atoms with E-state index in [0.29, 0.717) is 6.42 Å². The lowest BCUT2D eigenvalue weighted by Crippen LogP contribution is -2.55. The molecule has 3 unspecified atom stereocenters. The van der Waals surface area contributed by atoms with Crippen molar-refractivity contribution in [2.75, 3.05) is 13.7 Å². The van der Waals surface area contributed by atoms with Crippen LogP contribution in [0, 0.1) is 0 Å². The lowest BCUT2D eigenvalue weighted by atomic mass is 9.77. The Hall–Kier alpha value is -2.31. The van der Waals surface area contributed by atoms with E-state index in [4.69, 9.17) is 9.47 Å². The summed E-state index contributed by atoms with van der Waals surface area (Å²) in [5.41, 5.74) is 2.75. The normalized spacial score (nSPS) is 26.0. The van der Waals surface area contributed by atoms with Gasteiger partial charge < -0.3 is 9.47 Å². The molecule has 1 aromatic heterocycles. The fourth-order valence-electron chi connectivity index (χ4n) is 4.98. The lowest BCUT2D eigenvalue weighted by molar-refractivity contribution is -0.230. The zero-order chi connectivity index (χ0) is 21.3. The minimum atomic E-state index is -0.476. The molecule has 0 bridgehead atoms. The number of Topliss-reactive ketones (excluding diaryl/α,β-unsaturated/α-hetero) is 1. The number of likely N-dealkylation sites (tertiary alicyclic amines) is 1. The van der Waals surface area contributed by atoms with Crippen molar-refractivity contribution in [1.29, 1.82) is 0 Å². The number of methoxy groups -OCH3 is 1. The molecule has 3 atom stereocenters. The molecule has 0 saturated carbocycles. The van der Waals surface area contributed by atoms with Gasteiger partial charge in [-0.15, -0.1) is 11.3 Å². The summed E-state index contributed by atoms with van der Waals surface area (Å²) in [6.07, 6.45) is 1.99. The number of carbonyl (C=O) groups is 1. The van der Waals surface area contributed by atoms with E-state index >= 15 is 0 Å². The maximum atomic E-state index is 13.7. The van der Waals surface area contributed by atoms with Crippen LogP contribution in [-0.2, 0) is 28.0 Å². The number of ketones is 1. The summed E-state index contributed by atoms with van der Waals surface area (Å²) in [6, 6.07) is 22.0. The van der Waals surface area contributed by atoms with Crippen LogP contribution in [0.1, 0.15) is 39.2 Å². The van der Waals surface area contributed by atoms with Gasteiger partial charge in [0.25, 0.3) is 0 Å². The first-order valence-corrected chi connectivity index (χ1v) is 11.7. The van der Waals surface area contributed by atoms with Crippen molar-refractivity contribution < 1.29 is 14.3 Å². The summed E-state index contributed by atoms with van der Waals surface area (Å²) in [5, 5.41) is 2.14. The van der Waals surface area contributed by atoms with Crippen LogP contribution in [0.2, 0.25) is 0 Å². The zero-order valence-electron chi connectivity index (χ0n) is 17.7. The topological polar surface area (TPSA) is 38.8 Å². The summed E-state index contributed by atoms with van der Waals surface area (Å²) in [7, 11) is 1.70. The molecule has 2 aliphatic rings. The van der Waals surface area contributed by atoms with Crippen LogP contribution in [0.5, 0.6) is 0 Å². The number of benzene rings is 2. The van der Waals surface area contributed by atoms with E-state index in [1.54, 1.807) is 18.4 Å². The number of piperidine rings is 1. The van der Waals surface area contributed by atoms with E-state index in [1.807, 2.05) is 36.4 Å². The molecule has 5 heteroatoms. The molecule has 0 N–H and O–H groups in total. The molecule has 5 rings (SSSR count). The van der Waals surface area contributed by atoms with Crippen molar-refractivity contribution in [2.45, 2.75) is 43.7 Å². The van der Waals surface area contributed by atoms with Gasteiger partial charge in [0, 0.05) is 43.5 Å². The summed E-state index contributed by atoms with van der Waals surface area (Å²) >= 11 is 1.76. The van der Waals surface area contributed by atoms with Crippen molar-refractivity contribution in [3.05, 3.63) is 93.7 Å². The van der Waals surface area contributed by atoms with Crippen LogP contribution in [-0.4, -0.2) is 36.7 Å². The summed E-state index contributed by atoms with van der Waals surface area (Å²) < 4.78 is 12.2. The molecule has 0 radical (unpaired) electrons. The maximum absolute atomic E-state index is 13.7. The van der Waals surface area contributed by atoms with Gasteiger partial charge in [0.15, 0.2) is 12.1 Å². The minimum absolute atomic E-state index is 0.163. The Bertz CT molecular complexity index is 1040. The molecular formula is C26H27NO3S. The molecule has 0 amide bonds. The maximum Gasteiger partial charge on any atom is 0.180 e. The predicted molar refractivity (Wildman–Crippen MR) is 122 cm³/mol. The van der Waals surface area contributed by atoms with Gasteiger partial charge >= 0.3 is 0 Å². The number of thiophene rings is 1. The van der Waals surface area contributed by atoms with Crippen molar-refractivity contribution >= 4 is 17.1 Å². The third-order valence-electron chi connectivity index (χ3n) is 6.56. The zero-order valence-corrected chi connectivity index (χ0v) is 18.5. The number of hydrogen-bond donors (Lipinski definition) is 0. The molecule has 0 aliphatic carbocycles. The molecule has 1 saturated heterocycles. The number of carbonyl (C=O) groups excluding carboxylic acids is 1. The SMILES string of the molecule is COC1Cc2sccc2C2(CCN(Cc3ccccc3)C(C(=O)c3ccccc3)C2)O1. The van der Waals surface area contributed by atoms with Crippen LogP contribution < -0.4 is 0 Å². The first-order chi connectivity index (χ1) is 15.2. The van der Waals surface area contributed by atoms with E-state index < -0.39 is 5.60 Å². The van der Waals surface area contributed by atoms with Gasteiger partial charge in [0.1, 0.15) is 5.60 Å². The van der Waals surface area contributed by atoms with E-state index in [0.717, 1.165) is 31.5 Å². The van der Waals surface area contributed by atoms with Crippen molar-refractivity contribution in [3.8, 4) is 0 Å². The highest BCUT2D eigenvalue weighted by molar-refractivity contribution is 7.10. The van der Waals surface area contributed by atoms with Gasteiger partial charge in [0.05, 0.1) is 6.04 Å². The molecule has 2 aromatic carbocycles. The summed E-state index contributed by atoms with van der Waals surface area (Å²) in [4.78, 5) is 17.3. The van der Waals surface area contributed by atoms with Crippen molar-refractivity contribution in [2.24, 2.45) is 0 Å². The second kappa shape index (κ2) is 8.67. The Labute approximate surface area is 187 Å². The van der Waals surface area contributed by atoms with Crippen LogP contribution in [0.3, 0.4) is 0 Å². The molecule has 2 aliphatic heterocycles. The average Bonchev–Trinajstić information content (AvgIpc) is 3.31. The fourth-order valence-corrected chi connectivity index (χ4v) is 5.96.